The van der Waals surface area contributed by atoms with Gasteiger partial charge in [0.2, 0.25) is 0 Å². The highest BCUT2D eigenvalue weighted by Gasteiger charge is 2.15. The van der Waals surface area contributed by atoms with E-state index in [0.29, 0.717) is 17.7 Å². The zero-order valence-corrected chi connectivity index (χ0v) is 11.5. The van der Waals surface area contributed by atoms with E-state index in [9.17, 15) is 0 Å². The molecule has 1 aliphatic rings. The molecule has 0 bridgehead atoms. The largest absolute Gasteiger partial charge is 0.492 e. The average Bonchev–Trinajstić information content (AvgIpc) is 2.84. The molecule has 1 aromatic carbocycles. The molecule has 100 valence electrons. The Kier molecular flexibility index (Phi) is 4.87. The van der Waals surface area contributed by atoms with E-state index >= 15 is 0 Å². The predicted molar refractivity (Wildman–Crippen MR) is 73.1 cm³/mol. The number of rotatable bonds is 5. The van der Waals surface area contributed by atoms with Gasteiger partial charge in [0.25, 0.3) is 0 Å². The zero-order valence-electron chi connectivity index (χ0n) is 10.7. The lowest BCUT2D eigenvalue weighted by atomic mass is 10.1. The lowest BCUT2D eigenvalue weighted by Gasteiger charge is -2.13. The summed E-state index contributed by atoms with van der Waals surface area (Å²) < 4.78 is 11.2. The SMILES string of the molecule is C[C@@H](N)c1ccc(OCCC2CCCO2)c(Cl)c1. The van der Waals surface area contributed by atoms with Crippen LogP contribution in [0.5, 0.6) is 5.75 Å². The summed E-state index contributed by atoms with van der Waals surface area (Å²) in [6.45, 7) is 3.46. The quantitative estimate of drug-likeness (QED) is 0.892. The van der Waals surface area contributed by atoms with E-state index in [4.69, 9.17) is 26.8 Å². The minimum Gasteiger partial charge on any atom is -0.492 e. The standard InChI is InChI=1S/C14H20ClNO2/c1-10(16)11-4-5-14(13(15)9-11)18-8-6-12-3-2-7-17-12/h4-5,9-10,12H,2-3,6-8,16H2,1H3/t10-,12?/m1/s1. The molecule has 0 saturated carbocycles. The van der Waals surface area contributed by atoms with Crippen LogP contribution in [0.3, 0.4) is 0 Å². The Morgan fingerprint density at radius 2 is 2.39 bits per heavy atom. The molecule has 1 unspecified atom stereocenters. The maximum atomic E-state index is 6.16. The molecule has 0 aromatic heterocycles. The molecule has 1 aliphatic heterocycles. The summed E-state index contributed by atoms with van der Waals surface area (Å²) in [5.41, 5.74) is 6.82. The first-order chi connectivity index (χ1) is 8.66. The Bertz CT molecular complexity index is 389. The van der Waals surface area contributed by atoms with Crippen molar-refractivity contribution >= 4 is 11.6 Å². The molecule has 1 saturated heterocycles. The first kappa shape index (κ1) is 13.7. The van der Waals surface area contributed by atoms with Crippen LogP contribution in [0.25, 0.3) is 0 Å². The fourth-order valence-corrected chi connectivity index (χ4v) is 2.33. The van der Waals surface area contributed by atoms with Crippen LogP contribution in [-0.2, 0) is 4.74 Å². The van der Waals surface area contributed by atoms with Gasteiger partial charge in [0, 0.05) is 19.1 Å². The third kappa shape index (κ3) is 3.61. The molecule has 0 radical (unpaired) electrons. The highest BCUT2D eigenvalue weighted by atomic mass is 35.5. The van der Waals surface area contributed by atoms with Crippen molar-refractivity contribution in [3.63, 3.8) is 0 Å². The molecule has 0 amide bonds. The topological polar surface area (TPSA) is 44.5 Å². The molecule has 2 atom stereocenters. The number of hydrogen-bond acceptors (Lipinski definition) is 3. The maximum absolute atomic E-state index is 6.16. The minimum atomic E-state index is -0.0107. The molecule has 2 N–H and O–H groups in total. The summed E-state index contributed by atoms with van der Waals surface area (Å²) in [5.74, 6) is 0.721. The van der Waals surface area contributed by atoms with Crippen molar-refractivity contribution in [2.24, 2.45) is 5.73 Å². The highest BCUT2D eigenvalue weighted by Crippen LogP contribution is 2.27. The van der Waals surface area contributed by atoms with Gasteiger partial charge in [-0.25, -0.2) is 0 Å². The maximum Gasteiger partial charge on any atom is 0.137 e. The fourth-order valence-electron chi connectivity index (χ4n) is 2.09. The van der Waals surface area contributed by atoms with E-state index < -0.39 is 0 Å². The Morgan fingerprint density at radius 1 is 1.56 bits per heavy atom. The van der Waals surface area contributed by atoms with E-state index in [1.54, 1.807) is 0 Å². The third-order valence-electron chi connectivity index (χ3n) is 3.20. The van der Waals surface area contributed by atoms with Gasteiger partial charge in [-0.1, -0.05) is 17.7 Å². The molecule has 1 aromatic rings. The van der Waals surface area contributed by atoms with E-state index in [0.717, 1.165) is 37.2 Å². The van der Waals surface area contributed by atoms with Gasteiger partial charge >= 0.3 is 0 Å². The molecule has 1 heterocycles. The van der Waals surface area contributed by atoms with Gasteiger partial charge in [-0.05, 0) is 37.5 Å². The zero-order chi connectivity index (χ0) is 13.0. The summed E-state index contributed by atoms with van der Waals surface area (Å²) >= 11 is 6.16. The summed E-state index contributed by atoms with van der Waals surface area (Å²) in [6, 6.07) is 5.70. The second-order valence-electron chi connectivity index (χ2n) is 4.75. The number of ether oxygens (including phenoxy) is 2. The number of benzene rings is 1. The van der Waals surface area contributed by atoms with Gasteiger partial charge in [-0.2, -0.15) is 0 Å². The van der Waals surface area contributed by atoms with Crippen LogP contribution in [-0.4, -0.2) is 19.3 Å². The first-order valence-electron chi connectivity index (χ1n) is 6.46. The van der Waals surface area contributed by atoms with E-state index in [-0.39, 0.29) is 6.04 Å². The minimum absolute atomic E-state index is 0.0107. The molecule has 2 rings (SSSR count). The van der Waals surface area contributed by atoms with E-state index in [1.807, 2.05) is 25.1 Å². The van der Waals surface area contributed by atoms with Crippen molar-refractivity contribution in [2.45, 2.75) is 38.3 Å². The predicted octanol–water partition coefficient (Wildman–Crippen LogP) is 3.31. The molecule has 0 spiro atoms. The van der Waals surface area contributed by atoms with Crippen molar-refractivity contribution in [1.29, 1.82) is 0 Å². The van der Waals surface area contributed by atoms with Gasteiger partial charge in [0.1, 0.15) is 5.75 Å². The molecular formula is C14H20ClNO2. The van der Waals surface area contributed by atoms with Crippen LogP contribution in [0, 0.1) is 0 Å². The van der Waals surface area contributed by atoms with E-state index in [1.165, 1.54) is 0 Å². The molecule has 3 nitrogen and oxygen atoms in total. The Labute approximate surface area is 113 Å². The Morgan fingerprint density at radius 3 is 3.00 bits per heavy atom. The summed E-state index contributed by atoms with van der Waals surface area (Å²) in [7, 11) is 0. The average molecular weight is 270 g/mol. The second-order valence-corrected chi connectivity index (χ2v) is 5.16. The monoisotopic (exact) mass is 269 g/mol. The lowest BCUT2D eigenvalue weighted by Crippen LogP contribution is -2.11. The number of nitrogens with two attached hydrogens (primary N) is 1. The van der Waals surface area contributed by atoms with Crippen molar-refractivity contribution in [3.8, 4) is 5.75 Å². The summed E-state index contributed by atoms with van der Waals surface area (Å²) in [4.78, 5) is 0. The third-order valence-corrected chi connectivity index (χ3v) is 3.50. The number of hydrogen-bond donors (Lipinski definition) is 1. The Balaban J connectivity index is 1.85. The molecule has 0 aliphatic carbocycles. The lowest BCUT2D eigenvalue weighted by molar-refractivity contribution is 0.0904. The van der Waals surface area contributed by atoms with Gasteiger partial charge in [-0.3, -0.25) is 0 Å². The smallest absolute Gasteiger partial charge is 0.137 e. The normalized spacial score (nSPS) is 20.9. The van der Waals surface area contributed by atoms with Crippen LogP contribution < -0.4 is 10.5 Å². The molecule has 18 heavy (non-hydrogen) atoms. The van der Waals surface area contributed by atoms with Crippen molar-refractivity contribution in [1.82, 2.24) is 0 Å². The fraction of sp³-hybridized carbons (Fsp3) is 0.571. The Hall–Kier alpha value is -0.770. The number of halogens is 1. The van der Waals surface area contributed by atoms with Crippen LogP contribution >= 0.6 is 11.6 Å². The second kappa shape index (κ2) is 6.41. The van der Waals surface area contributed by atoms with Crippen molar-refractivity contribution in [3.05, 3.63) is 28.8 Å². The van der Waals surface area contributed by atoms with Crippen LogP contribution in [0.2, 0.25) is 5.02 Å². The molecule has 1 fully saturated rings. The summed E-state index contributed by atoms with van der Waals surface area (Å²) in [5, 5.41) is 0.622. The van der Waals surface area contributed by atoms with Crippen LogP contribution in [0.1, 0.15) is 37.8 Å². The van der Waals surface area contributed by atoms with Crippen LogP contribution in [0.4, 0.5) is 0 Å². The van der Waals surface area contributed by atoms with E-state index in [2.05, 4.69) is 0 Å². The van der Waals surface area contributed by atoms with Gasteiger partial charge < -0.3 is 15.2 Å². The van der Waals surface area contributed by atoms with Crippen molar-refractivity contribution in [2.75, 3.05) is 13.2 Å². The van der Waals surface area contributed by atoms with Gasteiger partial charge in [0.05, 0.1) is 17.7 Å². The van der Waals surface area contributed by atoms with Crippen molar-refractivity contribution < 1.29 is 9.47 Å². The van der Waals surface area contributed by atoms with Gasteiger partial charge in [0.15, 0.2) is 0 Å². The van der Waals surface area contributed by atoms with Gasteiger partial charge in [-0.15, -0.1) is 0 Å². The highest BCUT2D eigenvalue weighted by molar-refractivity contribution is 6.32. The summed E-state index contributed by atoms with van der Waals surface area (Å²) in [6.07, 6.45) is 3.58. The molecule has 4 heteroatoms. The first-order valence-corrected chi connectivity index (χ1v) is 6.84. The van der Waals surface area contributed by atoms with Crippen LogP contribution in [0.15, 0.2) is 18.2 Å². The molecular weight excluding hydrogens is 250 g/mol.